The Hall–Kier alpha value is -2.44. The summed E-state index contributed by atoms with van der Waals surface area (Å²) in [7, 11) is 1.37. The van der Waals surface area contributed by atoms with Crippen molar-refractivity contribution in [3.8, 4) is 0 Å². The molecule has 3 rings (SSSR count). The maximum Gasteiger partial charge on any atom is 0.341 e. The average Bonchev–Trinajstić information content (AvgIpc) is 2.92. The lowest BCUT2D eigenvalue weighted by molar-refractivity contribution is 0.0604. The van der Waals surface area contributed by atoms with Crippen molar-refractivity contribution in [2.45, 2.75) is 0 Å². The van der Waals surface area contributed by atoms with E-state index in [1.165, 1.54) is 18.4 Å². The van der Waals surface area contributed by atoms with Gasteiger partial charge in [-0.05, 0) is 30.4 Å². The van der Waals surface area contributed by atoms with E-state index in [2.05, 4.69) is 10.6 Å². The molecule has 3 aromatic rings. The van der Waals surface area contributed by atoms with E-state index in [1.54, 1.807) is 0 Å². The lowest BCUT2D eigenvalue weighted by Crippen LogP contribution is -2.19. The monoisotopic (exact) mass is 342 g/mol. The first-order valence-electron chi connectivity index (χ1n) is 6.92. The van der Waals surface area contributed by atoms with Gasteiger partial charge in [0.15, 0.2) is 5.11 Å². The zero-order chi connectivity index (χ0) is 16.2. The maximum atomic E-state index is 12.1. The number of carbonyl (C=O) groups is 1. The first-order valence-corrected chi connectivity index (χ1v) is 8.14. The van der Waals surface area contributed by atoms with Crippen LogP contribution in [0.2, 0.25) is 0 Å². The van der Waals surface area contributed by atoms with Crippen LogP contribution < -0.4 is 10.6 Å². The quantitative estimate of drug-likeness (QED) is 0.542. The maximum absolute atomic E-state index is 12.1. The molecule has 0 atom stereocenters. The number of anilines is 2. The van der Waals surface area contributed by atoms with Crippen LogP contribution in [0.3, 0.4) is 0 Å². The summed E-state index contributed by atoms with van der Waals surface area (Å²) in [6.45, 7) is 0. The molecule has 0 saturated heterocycles. The van der Waals surface area contributed by atoms with Crippen molar-refractivity contribution in [3.63, 3.8) is 0 Å². The standard InChI is InChI=1S/C17H14N2O2S2/c1-21-16(20)14-12-9-5-6-10-13(12)23-15(14)19-17(22)18-11-7-3-2-4-8-11/h2-10H,1H3,(H2,18,19,22). The largest absolute Gasteiger partial charge is 0.465 e. The predicted octanol–water partition coefficient (Wildman–Crippen LogP) is 4.50. The number of thiocarbonyl (C=S) groups is 1. The molecule has 0 aliphatic rings. The summed E-state index contributed by atoms with van der Waals surface area (Å²) in [5, 5.41) is 8.15. The van der Waals surface area contributed by atoms with Crippen molar-refractivity contribution in [1.29, 1.82) is 0 Å². The Labute approximate surface area is 143 Å². The van der Waals surface area contributed by atoms with Crippen LogP contribution in [0.4, 0.5) is 10.7 Å². The van der Waals surface area contributed by atoms with Gasteiger partial charge < -0.3 is 15.4 Å². The van der Waals surface area contributed by atoms with Gasteiger partial charge in [0.1, 0.15) is 10.6 Å². The Morgan fingerprint density at radius 3 is 2.48 bits per heavy atom. The molecule has 6 heteroatoms. The summed E-state index contributed by atoms with van der Waals surface area (Å²) in [6.07, 6.45) is 0. The lowest BCUT2D eigenvalue weighted by Gasteiger charge is -2.10. The Kier molecular flexibility index (Phi) is 4.55. The van der Waals surface area contributed by atoms with Crippen LogP contribution >= 0.6 is 23.6 Å². The van der Waals surface area contributed by atoms with Crippen LogP contribution in [0.1, 0.15) is 10.4 Å². The Morgan fingerprint density at radius 2 is 1.74 bits per heavy atom. The minimum Gasteiger partial charge on any atom is -0.465 e. The van der Waals surface area contributed by atoms with Crippen molar-refractivity contribution in [3.05, 3.63) is 60.2 Å². The van der Waals surface area contributed by atoms with Crippen molar-refractivity contribution >= 4 is 55.4 Å². The number of hydrogen-bond acceptors (Lipinski definition) is 4. The molecule has 2 N–H and O–H groups in total. The fourth-order valence-corrected chi connectivity index (χ4v) is 3.60. The van der Waals surface area contributed by atoms with E-state index < -0.39 is 0 Å². The molecule has 23 heavy (non-hydrogen) atoms. The highest BCUT2D eigenvalue weighted by atomic mass is 32.1. The number of fused-ring (bicyclic) bond motifs is 1. The molecule has 0 bridgehead atoms. The second kappa shape index (κ2) is 6.76. The number of hydrogen-bond donors (Lipinski definition) is 2. The van der Waals surface area contributed by atoms with Crippen LogP contribution in [0, 0.1) is 0 Å². The first kappa shape index (κ1) is 15.5. The fraction of sp³-hybridized carbons (Fsp3) is 0.0588. The molecule has 0 spiro atoms. The van der Waals surface area contributed by atoms with Gasteiger partial charge in [-0.25, -0.2) is 4.79 Å². The van der Waals surface area contributed by atoms with Crippen LogP contribution in [0.5, 0.6) is 0 Å². The highest BCUT2D eigenvalue weighted by Gasteiger charge is 2.20. The van der Waals surface area contributed by atoms with E-state index in [4.69, 9.17) is 17.0 Å². The van der Waals surface area contributed by atoms with Gasteiger partial charge >= 0.3 is 5.97 Å². The summed E-state index contributed by atoms with van der Waals surface area (Å²) < 4.78 is 5.91. The van der Waals surface area contributed by atoms with Crippen molar-refractivity contribution < 1.29 is 9.53 Å². The van der Waals surface area contributed by atoms with E-state index in [1.807, 2.05) is 54.6 Å². The second-order valence-electron chi connectivity index (χ2n) is 4.74. The molecule has 0 radical (unpaired) electrons. The first-order chi connectivity index (χ1) is 11.2. The number of thiophene rings is 1. The molecule has 1 heterocycles. The molecule has 116 valence electrons. The lowest BCUT2D eigenvalue weighted by atomic mass is 10.1. The molecule has 0 aliphatic heterocycles. The number of esters is 1. The van der Waals surface area contributed by atoms with Gasteiger partial charge in [0.25, 0.3) is 0 Å². The minimum atomic E-state index is -0.382. The molecule has 0 amide bonds. The number of para-hydroxylation sites is 1. The van der Waals surface area contributed by atoms with Gasteiger partial charge in [-0.15, -0.1) is 11.3 Å². The van der Waals surface area contributed by atoms with E-state index in [0.29, 0.717) is 15.7 Å². The molecule has 0 unspecified atom stereocenters. The molecule has 0 saturated carbocycles. The third-order valence-electron chi connectivity index (χ3n) is 3.24. The molecular weight excluding hydrogens is 328 g/mol. The Bertz CT molecular complexity index is 859. The van der Waals surface area contributed by atoms with Gasteiger partial charge in [0, 0.05) is 15.8 Å². The molecule has 4 nitrogen and oxygen atoms in total. The number of carbonyl (C=O) groups excluding carboxylic acids is 1. The van der Waals surface area contributed by atoms with E-state index in [-0.39, 0.29) is 5.97 Å². The highest BCUT2D eigenvalue weighted by molar-refractivity contribution is 7.80. The summed E-state index contributed by atoms with van der Waals surface area (Å²) >= 11 is 6.80. The van der Waals surface area contributed by atoms with E-state index >= 15 is 0 Å². The number of ether oxygens (including phenoxy) is 1. The summed E-state index contributed by atoms with van der Waals surface area (Å²) in [5.74, 6) is -0.382. The zero-order valence-corrected chi connectivity index (χ0v) is 14.0. The zero-order valence-electron chi connectivity index (χ0n) is 12.3. The van der Waals surface area contributed by atoms with Crippen LogP contribution in [-0.2, 0) is 4.74 Å². The van der Waals surface area contributed by atoms with Gasteiger partial charge in [0.2, 0.25) is 0 Å². The highest BCUT2D eigenvalue weighted by Crippen LogP contribution is 2.36. The Morgan fingerprint density at radius 1 is 1.04 bits per heavy atom. The summed E-state index contributed by atoms with van der Waals surface area (Å²) in [6, 6.07) is 17.3. The van der Waals surface area contributed by atoms with E-state index in [9.17, 15) is 4.79 Å². The number of benzene rings is 2. The van der Waals surface area contributed by atoms with Crippen LogP contribution in [0.25, 0.3) is 10.1 Å². The molecule has 0 aliphatic carbocycles. The van der Waals surface area contributed by atoms with Crippen molar-refractivity contribution in [1.82, 2.24) is 0 Å². The van der Waals surface area contributed by atoms with E-state index in [0.717, 1.165) is 15.8 Å². The summed E-state index contributed by atoms with van der Waals surface area (Å²) in [4.78, 5) is 12.1. The van der Waals surface area contributed by atoms with Crippen molar-refractivity contribution in [2.24, 2.45) is 0 Å². The van der Waals surface area contributed by atoms with Gasteiger partial charge in [-0.2, -0.15) is 0 Å². The normalized spacial score (nSPS) is 10.3. The van der Waals surface area contributed by atoms with Crippen molar-refractivity contribution in [2.75, 3.05) is 17.7 Å². The van der Waals surface area contributed by atoms with Crippen LogP contribution in [-0.4, -0.2) is 18.2 Å². The number of nitrogens with one attached hydrogen (secondary N) is 2. The minimum absolute atomic E-state index is 0.382. The third-order valence-corrected chi connectivity index (χ3v) is 4.53. The predicted molar refractivity (Wildman–Crippen MR) is 99.4 cm³/mol. The smallest absolute Gasteiger partial charge is 0.341 e. The number of methoxy groups -OCH3 is 1. The average molecular weight is 342 g/mol. The van der Waals surface area contributed by atoms with Gasteiger partial charge in [-0.1, -0.05) is 36.4 Å². The second-order valence-corrected chi connectivity index (χ2v) is 6.20. The topological polar surface area (TPSA) is 50.4 Å². The van der Waals surface area contributed by atoms with Crippen LogP contribution in [0.15, 0.2) is 54.6 Å². The molecule has 1 aromatic heterocycles. The number of rotatable bonds is 3. The fourth-order valence-electron chi connectivity index (χ4n) is 2.23. The van der Waals surface area contributed by atoms with Gasteiger partial charge in [-0.3, -0.25) is 0 Å². The third kappa shape index (κ3) is 3.33. The molecule has 2 aromatic carbocycles. The van der Waals surface area contributed by atoms with Gasteiger partial charge in [0.05, 0.1) is 7.11 Å². The summed E-state index contributed by atoms with van der Waals surface area (Å²) in [5.41, 5.74) is 1.39. The SMILES string of the molecule is COC(=O)c1c(NC(=S)Nc2ccccc2)sc2ccccc12. The molecule has 0 fully saturated rings. The molecular formula is C17H14N2O2S2. The Balaban J connectivity index is 1.90.